The average molecular weight is 427 g/mol. The van der Waals surface area contributed by atoms with Gasteiger partial charge in [-0.3, -0.25) is 4.79 Å². The molecule has 6 nitrogen and oxygen atoms in total. The minimum Gasteiger partial charge on any atom is -0.493 e. The first-order valence-electron chi connectivity index (χ1n) is 8.21. The number of aromatic amines is 1. The maximum Gasteiger partial charge on any atom is 0.329 e. The van der Waals surface area contributed by atoms with Crippen molar-refractivity contribution < 1.29 is 19.0 Å². The number of fused-ring (bicyclic) bond motifs is 3. The average Bonchev–Trinajstić information content (AvgIpc) is 3.15. The van der Waals surface area contributed by atoms with Crippen LogP contribution in [-0.2, 0) is 4.79 Å². The lowest BCUT2D eigenvalue weighted by atomic mass is 9.79. The number of methoxy groups -OCH3 is 2. The first-order chi connectivity index (χ1) is 13.1. The second-order valence-electron chi connectivity index (χ2n) is 6.17. The smallest absolute Gasteiger partial charge is 0.329 e. The van der Waals surface area contributed by atoms with Crippen LogP contribution < -0.4 is 14.2 Å². The summed E-state index contributed by atoms with van der Waals surface area (Å²) >= 11 is 3.49. The summed E-state index contributed by atoms with van der Waals surface area (Å²) in [5.41, 5.74) is 2.41. The van der Waals surface area contributed by atoms with Crippen LogP contribution in [0.5, 0.6) is 17.2 Å². The summed E-state index contributed by atoms with van der Waals surface area (Å²) in [4.78, 5) is 15.7. The Balaban J connectivity index is 1.97. The zero-order chi connectivity index (χ0) is 19.1. The number of ether oxygens (including phenoxy) is 3. The number of aromatic nitrogens is 1. The molecule has 2 heterocycles. The molecule has 136 valence electrons. The number of esters is 1. The van der Waals surface area contributed by atoms with E-state index in [1.807, 2.05) is 24.3 Å². The van der Waals surface area contributed by atoms with E-state index in [9.17, 15) is 10.1 Å². The number of nitriles is 1. The van der Waals surface area contributed by atoms with E-state index in [0.717, 1.165) is 22.0 Å². The van der Waals surface area contributed by atoms with Gasteiger partial charge in [-0.25, -0.2) is 0 Å². The van der Waals surface area contributed by atoms with Crippen molar-refractivity contribution in [2.24, 2.45) is 5.92 Å². The van der Waals surface area contributed by atoms with Gasteiger partial charge in [0.05, 0.1) is 24.8 Å². The van der Waals surface area contributed by atoms with Crippen LogP contribution in [0.25, 0.3) is 10.9 Å². The van der Waals surface area contributed by atoms with Crippen LogP contribution in [0.15, 0.2) is 41.0 Å². The molecule has 0 spiro atoms. The SMILES string of the molecule is COc1cc(C2c3ccc4[nH]ccc4c3OC(=O)C2C#N)cc(Br)c1OC. The Hall–Kier alpha value is -2.98. The highest BCUT2D eigenvalue weighted by atomic mass is 79.9. The van der Waals surface area contributed by atoms with E-state index in [4.69, 9.17) is 14.2 Å². The third-order valence-electron chi connectivity index (χ3n) is 4.79. The molecule has 27 heavy (non-hydrogen) atoms. The van der Waals surface area contributed by atoms with Gasteiger partial charge >= 0.3 is 5.97 Å². The second-order valence-corrected chi connectivity index (χ2v) is 7.02. The first kappa shape index (κ1) is 17.4. The van der Waals surface area contributed by atoms with Crippen molar-refractivity contribution in [1.29, 1.82) is 5.26 Å². The first-order valence-corrected chi connectivity index (χ1v) is 9.01. The number of hydrogen-bond donors (Lipinski definition) is 1. The molecule has 0 radical (unpaired) electrons. The maximum atomic E-state index is 12.6. The van der Waals surface area contributed by atoms with Crippen LogP contribution in [0.1, 0.15) is 17.0 Å². The van der Waals surface area contributed by atoms with Gasteiger partial charge < -0.3 is 19.2 Å². The Labute approximate surface area is 163 Å². The van der Waals surface area contributed by atoms with Crippen LogP contribution in [0.2, 0.25) is 0 Å². The van der Waals surface area contributed by atoms with Crippen LogP contribution >= 0.6 is 15.9 Å². The molecule has 3 aromatic rings. The molecule has 2 aromatic carbocycles. The van der Waals surface area contributed by atoms with E-state index < -0.39 is 17.8 Å². The molecule has 0 saturated heterocycles. The van der Waals surface area contributed by atoms with Crippen molar-refractivity contribution >= 4 is 32.8 Å². The summed E-state index contributed by atoms with van der Waals surface area (Å²) in [6.45, 7) is 0. The maximum absolute atomic E-state index is 12.6. The van der Waals surface area contributed by atoms with Gasteiger partial charge in [0.2, 0.25) is 0 Å². The van der Waals surface area contributed by atoms with E-state index in [1.165, 1.54) is 0 Å². The molecule has 1 N–H and O–H groups in total. The van der Waals surface area contributed by atoms with Crippen molar-refractivity contribution in [1.82, 2.24) is 4.98 Å². The Kier molecular flexibility index (Phi) is 4.28. The molecule has 0 bridgehead atoms. The van der Waals surface area contributed by atoms with Gasteiger partial charge in [0.15, 0.2) is 17.4 Å². The predicted molar refractivity (Wildman–Crippen MR) is 102 cm³/mol. The van der Waals surface area contributed by atoms with E-state index in [0.29, 0.717) is 21.7 Å². The van der Waals surface area contributed by atoms with Crippen LogP contribution in [-0.4, -0.2) is 25.2 Å². The van der Waals surface area contributed by atoms with E-state index in [1.54, 1.807) is 26.5 Å². The van der Waals surface area contributed by atoms with E-state index in [2.05, 4.69) is 27.0 Å². The van der Waals surface area contributed by atoms with Crippen LogP contribution in [0.4, 0.5) is 0 Å². The third-order valence-corrected chi connectivity index (χ3v) is 5.38. The lowest BCUT2D eigenvalue weighted by molar-refractivity contribution is -0.138. The van der Waals surface area contributed by atoms with Gasteiger partial charge in [-0.05, 0) is 45.8 Å². The summed E-state index contributed by atoms with van der Waals surface area (Å²) in [6, 6.07) is 11.4. The van der Waals surface area contributed by atoms with Crippen molar-refractivity contribution in [2.75, 3.05) is 14.2 Å². The van der Waals surface area contributed by atoms with Crippen molar-refractivity contribution in [2.45, 2.75) is 5.92 Å². The van der Waals surface area contributed by atoms with Gasteiger partial charge in [-0.2, -0.15) is 5.26 Å². The lowest BCUT2D eigenvalue weighted by Gasteiger charge is -2.29. The van der Waals surface area contributed by atoms with Gasteiger partial charge in [-0.1, -0.05) is 6.07 Å². The molecule has 4 rings (SSSR count). The summed E-state index contributed by atoms with van der Waals surface area (Å²) in [6.07, 6.45) is 1.79. The highest BCUT2D eigenvalue weighted by Gasteiger charge is 2.40. The van der Waals surface area contributed by atoms with Crippen molar-refractivity contribution in [3.63, 3.8) is 0 Å². The number of rotatable bonds is 3. The number of nitrogens with zero attached hydrogens (tertiary/aromatic N) is 1. The molecule has 7 heteroatoms. The molecule has 1 aromatic heterocycles. The number of benzene rings is 2. The Bertz CT molecular complexity index is 1100. The minimum atomic E-state index is -0.959. The summed E-state index contributed by atoms with van der Waals surface area (Å²) in [5.74, 6) is -0.451. The molecule has 1 aliphatic heterocycles. The van der Waals surface area contributed by atoms with Gasteiger partial charge in [0, 0.05) is 28.6 Å². The zero-order valence-electron chi connectivity index (χ0n) is 14.6. The van der Waals surface area contributed by atoms with Crippen molar-refractivity contribution in [3.05, 3.63) is 52.1 Å². The molecule has 0 aliphatic carbocycles. The van der Waals surface area contributed by atoms with Gasteiger partial charge in [0.1, 0.15) is 5.75 Å². The fraction of sp³-hybridized carbons (Fsp3) is 0.200. The number of carbonyl (C=O) groups excluding carboxylic acids is 1. The van der Waals surface area contributed by atoms with Gasteiger partial charge in [-0.15, -0.1) is 0 Å². The zero-order valence-corrected chi connectivity index (χ0v) is 16.2. The molecule has 2 unspecified atom stereocenters. The molecule has 0 amide bonds. The van der Waals surface area contributed by atoms with Crippen molar-refractivity contribution in [3.8, 4) is 23.3 Å². The molecule has 0 saturated carbocycles. The number of hydrogen-bond acceptors (Lipinski definition) is 5. The fourth-order valence-electron chi connectivity index (χ4n) is 3.58. The number of H-pyrrole nitrogens is 1. The topological polar surface area (TPSA) is 84.3 Å². The standard InChI is InChI=1S/C20H15BrN2O4/c1-25-16-8-10(7-14(21)19(16)26-2)17-12-3-4-15-11(5-6-23-15)18(12)27-20(24)13(17)9-22/h3-8,13,17,23H,1-2H3. The molecular weight excluding hydrogens is 412 g/mol. The normalized spacial score (nSPS) is 18.5. The summed E-state index contributed by atoms with van der Waals surface area (Å²) in [5, 5.41) is 10.5. The van der Waals surface area contributed by atoms with E-state index in [-0.39, 0.29) is 0 Å². The van der Waals surface area contributed by atoms with E-state index >= 15 is 0 Å². The summed E-state index contributed by atoms with van der Waals surface area (Å²) < 4.78 is 17.0. The molecular formula is C20H15BrN2O4. The third kappa shape index (κ3) is 2.64. The number of halogens is 1. The van der Waals surface area contributed by atoms with Crippen LogP contribution in [0, 0.1) is 17.2 Å². The minimum absolute atomic E-state index is 0.485. The Morgan fingerprint density at radius 2 is 2.04 bits per heavy atom. The lowest BCUT2D eigenvalue weighted by Crippen LogP contribution is -2.31. The van der Waals surface area contributed by atoms with Crippen LogP contribution in [0.3, 0.4) is 0 Å². The Morgan fingerprint density at radius 1 is 1.22 bits per heavy atom. The molecule has 0 fully saturated rings. The second kappa shape index (κ2) is 6.63. The Morgan fingerprint density at radius 3 is 2.74 bits per heavy atom. The quantitative estimate of drug-likeness (QED) is 0.502. The number of nitrogens with one attached hydrogen (secondary N) is 1. The largest absolute Gasteiger partial charge is 0.493 e. The number of carbonyl (C=O) groups is 1. The summed E-state index contributed by atoms with van der Waals surface area (Å²) in [7, 11) is 3.10. The molecule has 1 aliphatic rings. The highest BCUT2D eigenvalue weighted by Crippen LogP contribution is 2.48. The van der Waals surface area contributed by atoms with Gasteiger partial charge in [0.25, 0.3) is 0 Å². The predicted octanol–water partition coefficient (Wildman–Crippen LogP) is 4.14. The molecule has 2 atom stereocenters. The highest BCUT2D eigenvalue weighted by molar-refractivity contribution is 9.10. The monoisotopic (exact) mass is 426 g/mol. The fourth-order valence-corrected chi connectivity index (χ4v) is 4.20.